The normalized spacial score (nSPS) is 16.0. The number of hydrogen-bond donors (Lipinski definition) is 6. The second kappa shape index (κ2) is 17.2. The summed E-state index contributed by atoms with van der Waals surface area (Å²) in [5.74, 6) is 0.0278. The van der Waals surface area contributed by atoms with E-state index in [1.165, 1.54) is 12.4 Å². The third-order valence-electron chi connectivity index (χ3n) is 7.87. The number of nitrogens with two attached hydrogens (primary N) is 2. The Kier molecular flexibility index (Phi) is 12.7. The maximum Gasteiger partial charge on any atom is 0.492 e. The van der Waals surface area contributed by atoms with Crippen molar-refractivity contribution in [2.75, 3.05) is 13.2 Å². The maximum absolute atomic E-state index is 11.8. The van der Waals surface area contributed by atoms with Crippen LogP contribution >= 0.6 is 22.7 Å². The van der Waals surface area contributed by atoms with E-state index in [-0.39, 0.29) is 43.1 Å². The quantitative estimate of drug-likeness (QED) is 0.0302. The van der Waals surface area contributed by atoms with Gasteiger partial charge in [-0.25, -0.2) is 9.97 Å². The Morgan fingerprint density at radius 3 is 1.66 bits per heavy atom. The lowest BCUT2D eigenvalue weighted by molar-refractivity contribution is -0.146. The highest BCUT2D eigenvalue weighted by atomic mass is 32.1. The first kappa shape index (κ1) is 39.2. The van der Waals surface area contributed by atoms with E-state index in [0.717, 1.165) is 44.9 Å². The van der Waals surface area contributed by atoms with Crippen LogP contribution in [-0.2, 0) is 28.4 Å². The van der Waals surface area contributed by atoms with Crippen LogP contribution in [0.1, 0.15) is 70.9 Å². The summed E-state index contributed by atoms with van der Waals surface area (Å²) in [4.78, 5) is 32.6. The number of ether oxygens (including phenoxy) is 4. The van der Waals surface area contributed by atoms with Crippen LogP contribution in [0.25, 0.3) is 0 Å². The van der Waals surface area contributed by atoms with Crippen LogP contribution in [0.5, 0.6) is 21.9 Å². The Labute approximate surface area is 312 Å². The molecule has 2 aliphatic heterocycles. The van der Waals surface area contributed by atoms with Crippen molar-refractivity contribution in [3.05, 3.63) is 68.7 Å². The smallest absolute Gasteiger partial charge is 0.466 e. The first-order valence-electron chi connectivity index (χ1n) is 16.2. The van der Waals surface area contributed by atoms with E-state index in [1.807, 2.05) is 13.8 Å². The third kappa shape index (κ3) is 9.31. The molecule has 2 aromatic heterocycles. The van der Waals surface area contributed by atoms with Crippen LogP contribution in [0.4, 0.5) is 0 Å². The number of hydrogen-bond acceptors (Lipinski definition) is 17. The molecule has 0 radical (unpaired) electrons. The van der Waals surface area contributed by atoms with Gasteiger partial charge < -0.3 is 55.0 Å². The van der Waals surface area contributed by atoms with Gasteiger partial charge in [0.25, 0.3) is 10.4 Å². The van der Waals surface area contributed by atoms with Crippen LogP contribution in [0, 0.1) is 19.3 Å². The fourth-order valence-electron chi connectivity index (χ4n) is 5.73. The van der Waals surface area contributed by atoms with Gasteiger partial charge in [0.2, 0.25) is 0 Å². The van der Waals surface area contributed by atoms with E-state index >= 15 is 0 Å². The van der Waals surface area contributed by atoms with Gasteiger partial charge in [-0.05, 0) is 85.1 Å². The molecule has 0 spiro atoms. The van der Waals surface area contributed by atoms with Crippen molar-refractivity contribution in [3.63, 3.8) is 0 Å². The molecule has 2 aromatic carbocycles. The van der Waals surface area contributed by atoms with Gasteiger partial charge in [0, 0.05) is 0 Å². The molecule has 4 aromatic rings. The number of nitrogen functional groups attached to an aromatic ring is 1. The largest absolute Gasteiger partial charge is 0.492 e. The fraction of sp³-hybridized carbons (Fsp3) is 0.312. The average molecular weight is 766 g/mol. The van der Waals surface area contributed by atoms with Gasteiger partial charge in [0.1, 0.15) is 17.3 Å². The number of oxime groups is 1. The summed E-state index contributed by atoms with van der Waals surface area (Å²) in [6.45, 7) is 7.75. The van der Waals surface area contributed by atoms with Crippen LogP contribution in [0.15, 0.2) is 41.8 Å². The zero-order valence-corrected chi connectivity index (χ0v) is 30.7. The van der Waals surface area contributed by atoms with E-state index in [0.29, 0.717) is 49.2 Å². The molecule has 4 heterocycles. The summed E-state index contributed by atoms with van der Waals surface area (Å²) < 4.78 is 32.4. The van der Waals surface area contributed by atoms with Gasteiger partial charge in [0.15, 0.2) is 5.84 Å². The standard InChI is InChI=1S/C16H18BN3O6S.C16H18BN3O5S/c1-3-24-13(21)6-11-14-8(2)4-9(5-10(14)17(22)26-11)25-16-19-7-12(27-16)15(18)20-23;1-3-23-13(21)6-11-14-8(2)4-9(5-10(14)17(22)25-11)24-16-20-7-12(26-16)15(18)19/h4-5,7,11,22-23H,3,6H2,1-2H3,(H2,18,20);4-5,7,11,22H,3,6H2,1-2H3,(H3,18,19). The average Bonchev–Trinajstić information content (AvgIpc) is 3.89. The van der Waals surface area contributed by atoms with Gasteiger partial charge in [0.05, 0.1) is 60.4 Å². The minimum atomic E-state index is -1.16. The van der Waals surface area contributed by atoms with Gasteiger partial charge >= 0.3 is 26.2 Å². The van der Waals surface area contributed by atoms with Crippen molar-refractivity contribution < 1.29 is 53.1 Å². The van der Waals surface area contributed by atoms with E-state index in [2.05, 4.69) is 15.1 Å². The summed E-state index contributed by atoms with van der Waals surface area (Å²) in [6, 6.07) is 6.85. The summed E-state index contributed by atoms with van der Waals surface area (Å²) >= 11 is 2.26. The van der Waals surface area contributed by atoms with Gasteiger partial charge in [-0.3, -0.25) is 15.0 Å². The monoisotopic (exact) mass is 766 g/mol. The molecule has 278 valence electrons. The number of benzene rings is 2. The third-order valence-corrected chi connectivity index (χ3v) is 9.67. The molecule has 2 aliphatic rings. The number of nitrogens with zero attached hydrogens (tertiary/aromatic N) is 3. The molecule has 0 fully saturated rings. The Morgan fingerprint density at radius 1 is 0.830 bits per heavy atom. The van der Waals surface area contributed by atoms with Crippen LogP contribution in [-0.4, -0.2) is 76.3 Å². The number of aryl methyl sites for hydroxylation is 2. The molecule has 0 bridgehead atoms. The number of thiazole rings is 2. The molecule has 17 nitrogen and oxygen atoms in total. The predicted octanol–water partition coefficient (Wildman–Crippen LogP) is 2.29. The molecule has 0 aliphatic carbocycles. The highest BCUT2D eigenvalue weighted by molar-refractivity contribution is 7.15. The van der Waals surface area contributed by atoms with Crippen molar-refractivity contribution >= 4 is 71.4 Å². The van der Waals surface area contributed by atoms with Crippen molar-refractivity contribution in [2.45, 2.75) is 52.7 Å². The topological polar surface area (TPSA) is 264 Å². The molecular formula is C32H36B2N6O11S2. The molecule has 0 saturated heterocycles. The second-order valence-electron chi connectivity index (χ2n) is 11.5. The van der Waals surface area contributed by atoms with Gasteiger partial charge in [-0.15, -0.1) is 0 Å². The Balaban J connectivity index is 0.000000204. The molecule has 2 unspecified atom stereocenters. The number of carbonyl (C=O) groups excluding carboxylic acids is 2. The molecule has 2 atom stereocenters. The van der Waals surface area contributed by atoms with Crippen LogP contribution in [0.3, 0.4) is 0 Å². The molecule has 0 amide bonds. The van der Waals surface area contributed by atoms with E-state index in [1.54, 1.807) is 38.1 Å². The number of amidine groups is 2. The summed E-state index contributed by atoms with van der Waals surface area (Å²) in [5.41, 5.74) is 15.2. The van der Waals surface area contributed by atoms with Crippen molar-refractivity contribution in [3.8, 4) is 21.9 Å². The summed E-state index contributed by atoms with van der Waals surface area (Å²) in [7, 11) is -2.30. The first-order valence-corrected chi connectivity index (χ1v) is 17.8. The number of aromatic nitrogens is 2. The Bertz CT molecular complexity index is 2030. The summed E-state index contributed by atoms with van der Waals surface area (Å²) in [6.07, 6.45) is 1.83. The maximum atomic E-state index is 11.8. The van der Waals surface area contributed by atoms with E-state index in [9.17, 15) is 19.6 Å². The first-order chi connectivity index (χ1) is 25.3. The van der Waals surface area contributed by atoms with Crippen molar-refractivity contribution in [1.29, 1.82) is 5.41 Å². The lowest BCUT2D eigenvalue weighted by Gasteiger charge is -2.14. The van der Waals surface area contributed by atoms with Crippen LogP contribution < -0.4 is 31.9 Å². The highest BCUT2D eigenvalue weighted by Gasteiger charge is 2.39. The Morgan fingerprint density at radius 2 is 1.26 bits per heavy atom. The zero-order valence-electron chi connectivity index (χ0n) is 29.0. The van der Waals surface area contributed by atoms with Gasteiger partial charge in [-0.1, -0.05) is 27.8 Å². The van der Waals surface area contributed by atoms with E-state index < -0.39 is 26.4 Å². The highest BCUT2D eigenvalue weighted by Crippen LogP contribution is 2.36. The van der Waals surface area contributed by atoms with E-state index in [4.69, 9.17) is 50.3 Å². The Hall–Kier alpha value is -5.05. The minimum absolute atomic E-state index is 0.0224. The SMILES string of the molecule is CCOC(=O)CC1OB(O)c2cc(Oc3ncc(C(=N)N)s3)cc(C)c21.CCOC(=O)CC1OB(O)c2cc(Oc3ncc(C(N)=NO)s3)cc(C)c21. The van der Waals surface area contributed by atoms with Crippen molar-refractivity contribution in [2.24, 2.45) is 16.6 Å². The lowest BCUT2D eigenvalue weighted by atomic mass is 9.77. The fourth-order valence-corrected chi connectivity index (χ4v) is 7.06. The van der Waals surface area contributed by atoms with Crippen molar-refractivity contribution in [1.82, 2.24) is 9.97 Å². The predicted molar refractivity (Wildman–Crippen MR) is 196 cm³/mol. The molecular weight excluding hydrogens is 730 g/mol. The minimum Gasteiger partial charge on any atom is -0.466 e. The molecule has 6 rings (SSSR count). The number of rotatable bonds is 12. The summed E-state index contributed by atoms with van der Waals surface area (Å²) in [5, 5.41) is 40.1. The van der Waals surface area contributed by atoms with Crippen LogP contribution in [0.2, 0.25) is 0 Å². The number of fused-ring (bicyclic) bond motifs is 2. The second-order valence-corrected chi connectivity index (χ2v) is 13.5. The molecule has 21 heteroatoms. The number of nitrogens with one attached hydrogen (secondary N) is 1. The number of carbonyl (C=O) groups is 2. The lowest BCUT2D eigenvalue weighted by Crippen LogP contribution is -2.28. The number of esters is 2. The molecule has 53 heavy (non-hydrogen) atoms. The molecule has 8 N–H and O–H groups in total. The zero-order chi connectivity index (χ0) is 38.4. The van der Waals surface area contributed by atoms with Gasteiger partial charge in [-0.2, -0.15) is 0 Å². The molecule has 0 saturated carbocycles.